The summed E-state index contributed by atoms with van der Waals surface area (Å²) < 4.78 is 0. The van der Waals surface area contributed by atoms with Gasteiger partial charge in [0.05, 0.1) is 4.92 Å². The van der Waals surface area contributed by atoms with Gasteiger partial charge in [0, 0.05) is 35.5 Å². The zero-order chi connectivity index (χ0) is 17.7. The lowest BCUT2D eigenvalue weighted by Crippen LogP contribution is -2.26. The number of nitrogens with one attached hydrogen (secondary N) is 2. The highest BCUT2D eigenvalue weighted by Gasteiger charge is 2.10. The van der Waals surface area contributed by atoms with Gasteiger partial charge >= 0.3 is 0 Å². The fourth-order valence-electron chi connectivity index (χ4n) is 2.23. The first-order chi connectivity index (χ1) is 11.4. The highest BCUT2D eigenvalue weighted by molar-refractivity contribution is 5.94. The number of amides is 1. The standard InChI is InChI=1S/C15H17N5O4/c1-9-12(14(22)19-15(16)18-9)3-2-8-17-13(21)10-4-6-11(7-5-10)20(23)24/h4-7H,2-3,8H2,1H3,(H,17,21)(H3,16,18,19,22). The molecule has 0 aliphatic heterocycles. The number of nitro benzene ring substituents is 1. The number of aromatic amines is 1. The molecule has 0 fully saturated rings. The molecule has 2 rings (SSSR count). The molecule has 0 saturated carbocycles. The van der Waals surface area contributed by atoms with E-state index in [-0.39, 0.29) is 23.1 Å². The van der Waals surface area contributed by atoms with Gasteiger partial charge in [-0.25, -0.2) is 4.98 Å². The molecule has 1 aromatic carbocycles. The summed E-state index contributed by atoms with van der Waals surface area (Å²) in [5, 5.41) is 13.3. The van der Waals surface area contributed by atoms with Crippen LogP contribution in [0.1, 0.15) is 28.0 Å². The van der Waals surface area contributed by atoms with Crippen LogP contribution in [-0.2, 0) is 6.42 Å². The van der Waals surface area contributed by atoms with Gasteiger partial charge in [-0.2, -0.15) is 0 Å². The third kappa shape index (κ3) is 4.15. The fraction of sp³-hybridized carbons (Fsp3) is 0.267. The maximum atomic E-state index is 11.9. The largest absolute Gasteiger partial charge is 0.369 e. The van der Waals surface area contributed by atoms with E-state index >= 15 is 0 Å². The van der Waals surface area contributed by atoms with Crippen LogP contribution in [0.25, 0.3) is 0 Å². The molecule has 126 valence electrons. The molecular weight excluding hydrogens is 314 g/mol. The number of H-pyrrole nitrogens is 1. The van der Waals surface area contributed by atoms with Crippen LogP contribution in [0.5, 0.6) is 0 Å². The molecule has 9 heteroatoms. The maximum Gasteiger partial charge on any atom is 0.269 e. The number of hydrogen-bond acceptors (Lipinski definition) is 6. The minimum atomic E-state index is -0.526. The number of rotatable bonds is 6. The van der Waals surface area contributed by atoms with Gasteiger partial charge in [0.1, 0.15) is 0 Å². The molecule has 0 atom stereocenters. The minimum Gasteiger partial charge on any atom is -0.369 e. The predicted molar refractivity (Wildman–Crippen MR) is 87.8 cm³/mol. The van der Waals surface area contributed by atoms with E-state index in [0.29, 0.717) is 36.2 Å². The first-order valence-corrected chi connectivity index (χ1v) is 7.26. The Morgan fingerprint density at radius 1 is 1.38 bits per heavy atom. The zero-order valence-corrected chi connectivity index (χ0v) is 13.0. The molecule has 0 bridgehead atoms. The highest BCUT2D eigenvalue weighted by Crippen LogP contribution is 2.11. The Bertz CT molecular complexity index is 814. The highest BCUT2D eigenvalue weighted by atomic mass is 16.6. The lowest BCUT2D eigenvalue weighted by molar-refractivity contribution is -0.384. The summed E-state index contributed by atoms with van der Waals surface area (Å²) in [7, 11) is 0. The second kappa shape index (κ2) is 7.36. The molecule has 0 spiro atoms. The predicted octanol–water partition coefficient (Wildman–Crippen LogP) is 0.931. The van der Waals surface area contributed by atoms with E-state index in [2.05, 4.69) is 15.3 Å². The number of carbonyl (C=O) groups excluding carboxylic acids is 1. The molecule has 1 aromatic heterocycles. The molecular formula is C15H17N5O4. The number of carbonyl (C=O) groups is 1. The minimum absolute atomic E-state index is 0.0721. The van der Waals surface area contributed by atoms with E-state index in [1.165, 1.54) is 24.3 Å². The van der Waals surface area contributed by atoms with Crippen molar-refractivity contribution in [2.75, 3.05) is 12.3 Å². The van der Waals surface area contributed by atoms with E-state index in [9.17, 15) is 19.7 Å². The number of anilines is 1. The summed E-state index contributed by atoms with van der Waals surface area (Å²) >= 11 is 0. The van der Waals surface area contributed by atoms with Gasteiger partial charge in [0.25, 0.3) is 17.2 Å². The Kier molecular flexibility index (Phi) is 5.25. The van der Waals surface area contributed by atoms with Crippen LogP contribution >= 0.6 is 0 Å². The van der Waals surface area contributed by atoms with Crippen LogP contribution in [0.15, 0.2) is 29.1 Å². The third-order valence-corrected chi connectivity index (χ3v) is 3.47. The Balaban J connectivity index is 1.87. The van der Waals surface area contributed by atoms with Crippen molar-refractivity contribution >= 4 is 17.5 Å². The Hall–Kier alpha value is -3.23. The smallest absolute Gasteiger partial charge is 0.269 e. The van der Waals surface area contributed by atoms with E-state index in [0.717, 1.165) is 0 Å². The first-order valence-electron chi connectivity index (χ1n) is 7.26. The lowest BCUT2D eigenvalue weighted by Gasteiger charge is -2.07. The summed E-state index contributed by atoms with van der Waals surface area (Å²) in [5.41, 5.74) is 6.54. The third-order valence-electron chi connectivity index (χ3n) is 3.47. The van der Waals surface area contributed by atoms with Crippen molar-refractivity contribution in [1.29, 1.82) is 0 Å². The molecule has 0 aliphatic carbocycles. The lowest BCUT2D eigenvalue weighted by atomic mass is 10.1. The van der Waals surface area contributed by atoms with Crippen molar-refractivity contribution in [3.8, 4) is 0 Å². The van der Waals surface area contributed by atoms with Crippen LogP contribution in [0, 0.1) is 17.0 Å². The number of nitrogen functional groups attached to an aromatic ring is 1. The van der Waals surface area contributed by atoms with E-state index in [4.69, 9.17) is 5.73 Å². The number of hydrogen-bond donors (Lipinski definition) is 3. The van der Waals surface area contributed by atoms with Gasteiger partial charge in [-0.05, 0) is 31.9 Å². The molecule has 1 amide bonds. The van der Waals surface area contributed by atoms with Gasteiger partial charge in [-0.1, -0.05) is 0 Å². The van der Waals surface area contributed by atoms with Gasteiger partial charge in [0.2, 0.25) is 5.95 Å². The van der Waals surface area contributed by atoms with Crippen molar-refractivity contribution < 1.29 is 9.72 Å². The van der Waals surface area contributed by atoms with E-state index in [1.54, 1.807) is 6.92 Å². The van der Waals surface area contributed by atoms with Gasteiger partial charge in [-0.15, -0.1) is 0 Å². The number of aromatic nitrogens is 2. The van der Waals surface area contributed by atoms with Crippen molar-refractivity contribution in [1.82, 2.24) is 15.3 Å². The number of non-ortho nitro benzene ring substituents is 1. The average Bonchev–Trinajstić information content (AvgIpc) is 2.53. The second-order valence-corrected chi connectivity index (χ2v) is 5.18. The Morgan fingerprint density at radius 3 is 2.62 bits per heavy atom. The zero-order valence-electron chi connectivity index (χ0n) is 13.0. The molecule has 0 saturated heterocycles. The first kappa shape index (κ1) is 17.1. The molecule has 1 heterocycles. The molecule has 9 nitrogen and oxygen atoms in total. The topological polar surface area (TPSA) is 144 Å². The Morgan fingerprint density at radius 2 is 2.04 bits per heavy atom. The summed E-state index contributed by atoms with van der Waals surface area (Å²) in [5.74, 6) is -0.251. The van der Waals surface area contributed by atoms with Crippen molar-refractivity contribution in [2.24, 2.45) is 0 Å². The quantitative estimate of drug-likeness (QED) is 0.408. The summed E-state index contributed by atoms with van der Waals surface area (Å²) in [6.45, 7) is 2.06. The summed E-state index contributed by atoms with van der Waals surface area (Å²) in [4.78, 5) is 40.2. The van der Waals surface area contributed by atoms with Crippen LogP contribution < -0.4 is 16.6 Å². The van der Waals surface area contributed by atoms with Gasteiger partial charge in [0.15, 0.2) is 0 Å². The summed E-state index contributed by atoms with van der Waals surface area (Å²) in [6.07, 6.45) is 1.00. The van der Waals surface area contributed by atoms with Gasteiger partial charge in [-0.3, -0.25) is 24.7 Å². The van der Waals surface area contributed by atoms with E-state index in [1.807, 2.05) is 0 Å². The van der Waals surface area contributed by atoms with E-state index < -0.39 is 4.92 Å². The number of aryl methyl sites for hydroxylation is 1. The Labute approximate surface area is 137 Å². The SMILES string of the molecule is Cc1nc(N)[nH]c(=O)c1CCCNC(=O)c1ccc([N+](=O)[O-])cc1. The van der Waals surface area contributed by atoms with Crippen molar-refractivity contribution in [3.05, 3.63) is 61.6 Å². The second-order valence-electron chi connectivity index (χ2n) is 5.18. The van der Waals surface area contributed by atoms with Crippen molar-refractivity contribution in [3.63, 3.8) is 0 Å². The molecule has 2 aromatic rings. The number of nitrogens with two attached hydrogens (primary N) is 1. The van der Waals surface area contributed by atoms with Crippen molar-refractivity contribution in [2.45, 2.75) is 19.8 Å². The number of nitrogens with zero attached hydrogens (tertiary/aromatic N) is 2. The molecule has 0 radical (unpaired) electrons. The monoisotopic (exact) mass is 331 g/mol. The van der Waals surface area contributed by atoms with Crippen LogP contribution in [0.3, 0.4) is 0 Å². The fourth-order valence-corrected chi connectivity index (χ4v) is 2.23. The average molecular weight is 331 g/mol. The van der Waals surface area contributed by atoms with Crippen LogP contribution in [-0.4, -0.2) is 27.3 Å². The van der Waals surface area contributed by atoms with Gasteiger partial charge < -0.3 is 11.1 Å². The normalized spacial score (nSPS) is 10.4. The number of benzene rings is 1. The molecule has 4 N–H and O–H groups in total. The van der Waals surface area contributed by atoms with Crippen LogP contribution in [0.2, 0.25) is 0 Å². The molecule has 24 heavy (non-hydrogen) atoms. The summed E-state index contributed by atoms with van der Waals surface area (Å²) in [6, 6.07) is 5.34. The molecule has 0 unspecified atom stereocenters. The molecule has 0 aliphatic rings. The number of nitro groups is 1. The van der Waals surface area contributed by atoms with Crippen LogP contribution in [0.4, 0.5) is 11.6 Å². The maximum absolute atomic E-state index is 11.9.